The summed E-state index contributed by atoms with van der Waals surface area (Å²) in [5.74, 6) is 1.41. The summed E-state index contributed by atoms with van der Waals surface area (Å²) in [6.45, 7) is 2.75. The van der Waals surface area contributed by atoms with E-state index in [1.807, 2.05) is 24.3 Å². The van der Waals surface area contributed by atoms with Gasteiger partial charge in [-0.3, -0.25) is 14.6 Å². The number of rotatable bonds is 3. The number of imide groups is 1. The normalized spacial score (nSPS) is 25.1. The van der Waals surface area contributed by atoms with E-state index in [1.165, 1.54) is 4.90 Å². The minimum Gasteiger partial charge on any atom is -0.486 e. The third kappa shape index (κ3) is 2.27. The second-order valence-electron chi connectivity index (χ2n) is 5.79. The van der Waals surface area contributed by atoms with Crippen LogP contribution in [0.1, 0.15) is 0 Å². The van der Waals surface area contributed by atoms with Gasteiger partial charge >= 0.3 is 6.03 Å². The Kier molecular flexibility index (Phi) is 3.15. The SMILES string of the molecule is O=C1CNC(=O)N1C1CN(CC2COc3ccccc3O2)C1. The van der Waals surface area contributed by atoms with Gasteiger partial charge in [0.1, 0.15) is 12.7 Å². The van der Waals surface area contributed by atoms with Gasteiger partial charge in [0.15, 0.2) is 11.5 Å². The van der Waals surface area contributed by atoms with Crippen molar-refractivity contribution in [3.8, 4) is 11.5 Å². The van der Waals surface area contributed by atoms with Gasteiger partial charge in [-0.05, 0) is 12.1 Å². The molecule has 0 aliphatic carbocycles. The van der Waals surface area contributed by atoms with Crippen LogP contribution < -0.4 is 14.8 Å². The number of para-hydroxylation sites is 2. The summed E-state index contributed by atoms with van der Waals surface area (Å²) in [6, 6.07) is 7.33. The van der Waals surface area contributed by atoms with Gasteiger partial charge in [-0.25, -0.2) is 4.79 Å². The number of fused-ring (bicyclic) bond motifs is 1. The topological polar surface area (TPSA) is 71.1 Å². The first-order valence-corrected chi connectivity index (χ1v) is 7.41. The lowest BCUT2D eigenvalue weighted by Gasteiger charge is -2.44. The molecule has 0 saturated carbocycles. The summed E-state index contributed by atoms with van der Waals surface area (Å²) in [4.78, 5) is 26.7. The molecule has 1 N–H and O–H groups in total. The molecule has 3 aliphatic rings. The van der Waals surface area contributed by atoms with E-state index in [4.69, 9.17) is 9.47 Å². The van der Waals surface area contributed by atoms with E-state index in [0.717, 1.165) is 18.0 Å². The first kappa shape index (κ1) is 13.4. The summed E-state index contributed by atoms with van der Waals surface area (Å²) in [5, 5.41) is 2.55. The molecule has 0 radical (unpaired) electrons. The van der Waals surface area contributed by atoms with E-state index in [2.05, 4.69) is 10.2 Å². The van der Waals surface area contributed by atoms with Gasteiger partial charge < -0.3 is 14.8 Å². The number of nitrogens with one attached hydrogen (secondary N) is 1. The van der Waals surface area contributed by atoms with Gasteiger partial charge in [0.05, 0.1) is 12.6 Å². The van der Waals surface area contributed by atoms with E-state index < -0.39 is 0 Å². The summed E-state index contributed by atoms with van der Waals surface area (Å²) < 4.78 is 11.6. The highest BCUT2D eigenvalue weighted by Crippen LogP contribution is 2.31. The highest BCUT2D eigenvalue weighted by atomic mass is 16.6. The molecule has 0 aromatic heterocycles. The summed E-state index contributed by atoms with van der Waals surface area (Å²) in [7, 11) is 0. The molecule has 116 valence electrons. The third-order valence-corrected chi connectivity index (χ3v) is 4.21. The van der Waals surface area contributed by atoms with Crippen molar-refractivity contribution in [2.24, 2.45) is 0 Å². The molecule has 7 nitrogen and oxygen atoms in total. The zero-order valence-corrected chi connectivity index (χ0v) is 12.0. The van der Waals surface area contributed by atoms with Crippen molar-refractivity contribution in [1.29, 1.82) is 0 Å². The maximum atomic E-state index is 11.6. The molecule has 2 fully saturated rings. The van der Waals surface area contributed by atoms with Gasteiger partial charge in [0.2, 0.25) is 5.91 Å². The quantitative estimate of drug-likeness (QED) is 0.800. The van der Waals surface area contributed by atoms with Crippen molar-refractivity contribution in [3.05, 3.63) is 24.3 Å². The number of carbonyl (C=O) groups is 2. The standard InChI is InChI=1S/C15H17N3O4/c19-14-5-16-15(20)18(14)10-6-17(7-10)8-11-9-21-12-3-1-2-4-13(12)22-11/h1-4,10-11H,5-9H2,(H,16,20). The second kappa shape index (κ2) is 5.17. The van der Waals surface area contributed by atoms with Crippen LogP contribution >= 0.6 is 0 Å². The van der Waals surface area contributed by atoms with Crippen LogP contribution in [0.4, 0.5) is 4.79 Å². The zero-order valence-electron chi connectivity index (χ0n) is 12.0. The highest BCUT2D eigenvalue weighted by Gasteiger charge is 2.42. The number of nitrogens with zero attached hydrogens (tertiary/aromatic N) is 2. The molecular formula is C15H17N3O4. The number of ether oxygens (including phenoxy) is 2. The number of amides is 3. The molecule has 1 atom stereocenters. The molecule has 3 heterocycles. The molecule has 4 rings (SSSR count). The van der Waals surface area contributed by atoms with Crippen LogP contribution in [-0.2, 0) is 4.79 Å². The molecule has 1 aromatic rings. The number of hydrogen-bond acceptors (Lipinski definition) is 5. The predicted octanol–water partition coefficient (Wildman–Crippen LogP) is 0.0624. The predicted molar refractivity (Wildman–Crippen MR) is 76.8 cm³/mol. The summed E-state index contributed by atoms with van der Waals surface area (Å²) >= 11 is 0. The molecule has 1 unspecified atom stereocenters. The lowest BCUT2D eigenvalue weighted by Crippen LogP contribution is -2.62. The van der Waals surface area contributed by atoms with Crippen LogP contribution in [0.2, 0.25) is 0 Å². The highest BCUT2D eigenvalue weighted by molar-refractivity contribution is 6.02. The van der Waals surface area contributed by atoms with Gasteiger partial charge in [-0.15, -0.1) is 0 Å². The molecular weight excluding hydrogens is 286 g/mol. The molecule has 22 heavy (non-hydrogen) atoms. The van der Waals surface area contributed by atoms with Crippen LogP contribution in [0.25, 0.3) is 0 Å². The molecule has 7 heteroatoms. The fourth-order valence-electron chi connectivity index (χ4n) is 3.10. The maximum Gasteiger partial charge on any atom is 0.324 e. The first-order valence-electron chi connectivity index (χ1n) is 7.41. The van der Waals surface area contributed by atoms with Crippen molar-refractivity contribution in [3.63, 3.8) is 0 Å². The number of urea groups is 1. The number of benzene rings is 1. The Balaban J connectivity index is 1.30. The van der Waals surface area contributed by atoms with E-state index in [0.29, 0.717) is 19.7 Å². The lowest BCUT2D eigenvalue weighted by molar-refractivity contribution is -0.129. The summed E-state index contributed by atoms with van der Waals surface area (Å²) in [6.07, 6.45) is -0.0287. The minimum absolute atomic E-state index is 0.0215. The monoisotopic (exact) mass is 303 g/mol. The van der Waals surface area contributed by atoms with E-state index in [9.17, 15) is 9.59 Å². The third-order valence-electron chi connectivity index (χ3n) is 4.21. The average Bonchev–Trinajstić information content (AvgIpc) is 2.82. The molecule has 0 spiro atoms. The van der Waals surface area contributed by atoms with Crippen molar-refractivity contribution in [1.82, 2.24) is 15.1 Å². The molecule has 3 amide bonds. The van der Waals surface area contributed by atoms with Gasteiger partial charge in [0, 0.05) is 19.6 Å². The van der Waals surface area contributed by atoms with Crippen molar-refractivity contribution in [2.75, 3.05) is 32.8 Å². The van der Waals surface area contributed by atoms with Gasteiger partial charge in [-0.2, -0.15) is 0 Å². The van der Waals surface area contributed by atoms with Crippen LogP contribution in [0.5, 0.6) is 11.5 Å². The number of likely N-dealkylation sites (tertiary alicyclic amines) is 1. The maximum absolute atomic E-state index is 11.6. The Bertz CT molecular complexity index is 599. The van der Waals surface area contributed by atoms with Crippen molar-refractivity contribution < 1.29 is 19.1 Å². The fraction of sp³-hybridized carbons (Fsp3) is 0.467. The van der Waals surface area contributed by atoms with Crippen molar-refractivity contribution >= 4 is 11.9 Å². The van der Waals surface area contributed by atoms with Crippen LogP contribution in [0, 0.1) is 0 Å². The Morgan fingerprint density at radius 2 is 1.95 bits per heavy atom. The zero-order chi connectivity index (χ0) is 15.1. The largest absolute Gasteiger partial charge is 0.486 e. The van der Waals surface area contributed by atoms with E-state index >= 15 is 0 Å². The van der Waals surface area contributed by atoms with E-state index in [-0.39, 0.29) is 30.6 Å². The average molecular weight is 303 g/mol. The first-order chi connectivity index (χ1) is 10.7. The minimum atomic E-state index is -0.277. The Morgan fingerprint density at radius 3 is 2.68 bits per heavy atom. The Morgan fingerprint density at radius 1 is 1.18 bits per heavy atom. The fourth-order valence-corrected chi connectivity index (χ4v) is 3.10. The van der Waals surface area contributed by atoms with Crippen LogP contribution in [0.15, 0.2) is 24.3 Å². The van der Waals surface area contributed by atoms with Gasteiger partial charge in [0.25, 0.3) is 0 Å². The van der Waals surface area contributed by atoms with Crippen LogP contribution in [-0.4, -0.2) is 66.7 Å². The van der Waals surface area contributed by atoms with Crippen molar-refractivity contribution in [2.45, 2.75) is 12.1 Å². The lowest BCUT2D eigenvalue weighted by atomic mass is 10.1. The van der Waals surface area contributed by atoms with Crippen LogP contribution in [0.3, 0.4) is 0 Å². The number of hydrogen-bond donors (Lipinski definition) is 1. The van der Waals surface area contributed by atoms with Gasteiger partial charge in [-0.1, -0.05) is 12.1 Å². The smallest absolute Gasteiger partial charge is 0.324 e. The molecule has 0 bridgehead atoms. The van der Waals surface area contributed by atoms with E-state index in [1.54, 1.807) is 0 Å². The molecule has 2 saturated heterocycles. The Labute approximate surface area is 127 Å². The number of carbonyl (C=O) groups excluding carboxylic acids is 2. The second-order valence-corrected chi connectivity index (χ2v) is 5.79. The molecule has 3 aliphatic heterocycles. The summed E-state index contributed by atoms with van der Waals surface area (Å²) in [5.41, 5.74) is 0. The Hall–Kier alpha value is -2.28. The molecule has 1 aromatic carbocycles.